The Morgan fingerprint density at radius 3 is 2.20 bits per heavy atom. The molecule has 0 bridgehead atoms. The Labute approximate surface area is 308 Å². The molecule has 3 atom stereocenters. The maximum absolute atomic E-state index is 16.5. The highest BCUT2D eigenvalue weighted by molar-refractivity contribution is 5.82. The van der Waals surface area contributed by atoms with Gasteiger partial charge in [-0.05, 0) is 86.4 Å². The lowest BCUT2D eigenvalue weighted by Crippen LogP contribution is -2.41. The van der Waals surface area contributed by atoms with Crippen LogP contribution >= 0.6 is 0 Å². The molecule has 2 aromatic carbocycles. The molecular weight excluding hydrogens is 719 g/mol. The number of nitrogens with zero attached hydrogens (tertiary/aromatic N) is 2. The molecule has 14 heteroatoms. The van der Waals surface area contributed by atoms with Crippen LogP contribution in [0.5, 0.6) is 0 Å². The predicted molar refractivity (Wildman–Crippen MR) is 188 cm³/mol. The molecule has 0 unspecified atom stereocenters. The van der Waals surface area contributed by atoms with Crippen LogP contribution in [0.25, 0.3) is 11.1 Å². The summed E-state index contributed by atoms with van der Waals surface area (Å²) in [5.41, 5.74) is -2.34. The minimum atomic E-state index is -4.94. The summed E-state index contributed by atoms with van der Waals surface area (Å²) in [5.74, 6) is -7.48. The second kappa shape index (κ2) is 15.6. The SMILES string of the molecule is C#Cc1cc(-c2c(C)cccc2C)c(F)c([C@@H](CC(=O)O)NC(=O)[C@H](CC(C)C)n2cc(C3CCN(C[C@@H]4CC4(F)F)CC3)c(C(F)(F)F)cc2=O)c1F. The number of benzene rings is 2. The second-order valence-electron chi connectivity index (χ2n) is 14.9. The average molecular weight is 762 g/mol. The van der Waals surface area contributed by atoms with E-state index in [1.807, 2.05) is 0 Å². The first kappa shape index (κ1) is 40.5. The molecule has 7 nitrogen and oxygen atoms in total. The number of aliphatic carboxylic acids is 1. The van der Waals surface area contributed by atoms with Gasteiger partial charge in [0.15, 0.2) is 0 Å². The van der Waals surface area contributed by atoms with Crippen molar-refractivity contribution < 1.29 is 45.4 Å². The molecule has 1 amide bonds. The number of carboxylic acid groups (broad SMARTS) is 1. The summed E-state index contributed by atoms with van der Waals surface area (Å²) in [6.45, 7) is 7.39. The first-order chi connectivity index (χ1) is 25.2. The van der Waals surface area contributed by atoms with Gasteiger partial charge >= 0.3 is 12.1 Å². The Bertz CT molecular complexity index is 2010. The molecule has 1 aliphatic heterocycles. The van der Waals surface area contributed by atoms with Crippen molar-refractivity contribution in [3.8, 4) is 23.5 Å². The number of aromatic nitrogens is 1. The number of rotatable bonds is 12. The Morgan fingerprint density at radius 1 is 1.07 bits per heavy atom. The lowest BCUT2D eigenvalue weighted by molar-refractivity contribution is -0.139. The first-order valence-corrected chi connectivity index (χ1v) is 17.7. The number of hydrogen-bond acceptors (Lipinski definition) is 4. The van der Waals surface area contributed by atoms with Gasteiger partial charge in [-0.1, -0.05) is 38.0 Å². The molecule has 2 fully saturated rings. The normalized spacial score (nSPS) is 18.6. The number of carbonyl (C=O) groups is 2. The third-order valence-corrected chi connectivity index (χ3v) is 10.4. The fraction of sp³-hybridized carbons (Fsp3) is 0.475. The zero-order valence-electron chi connectivity index (χ0n) is 30.3. The Morgan fingerprint density at radius 2 is 1.69 bits per heavy atom. The number of aryl methyl sites for hydroxylation is 2. The van der Waals surface area contributed by atoms with Crippen molar-refractivity contribution >= 4 is 11.9 Å². The smallest absolute Gasteiger partial charge is 0.416 e. The van der Waals surface area contributed by atoms with Crippen LogP contribution in [0.4, 0.5) is 30.7 Å². The maximum Gasteiger partial charge on any atom is 0.416 e. The standard InChI is InChI=1S/C40H42F7N3O4/c1-6-24-15-27(34-22(4)8-7-9-23(34)5)37(42)35(36(24)41)30(17-33(52)53)48-38(54)31(14-21(2)3)50-20-28(29(16-32(50)51)40(45,46)47)25-10-12-49(13-11-25)19-26-18-39(26,43)44/h1,7-9,15-16,20-21,25-26,30-31H,10-14,17-19H2,2-5H3,(H,48,54)(H,52,53)/t26-,30+,31-/m0/s1. The van der Waals surface area contributed by atoms with E-state index in [1.54, 1.807) is 50.8 Å². The molecule has 5 rings (SSSR count). The summed E-state index contributed by atoms with van der Waals surface area (Å²) < 4.78 is 104. The van der Waals surface area contributed by atoms with Crippen molar-refractivity contribution in [3.05, 3.63) is 91.9 Å². The van der Waals surface area contributed by atoms with Gasteiger partial charge in [0, 0.05) is 42.3 Å². The van der Waals surface area contributed by atoms with Crippen molar-refractivity contribution in [2.75, 3.05) is 19.6 Å². The van der Waals surface area contributed by atoms with Gasteiger partial charge in [-0.25, -0.2) is 17.6 Å². The van der Waals surface area contributed by atoms with Crippen LogP contribution in [-0.2, 0) is 15.8 Å². The molecule has 2 aliphatic rings. The van der Waals surface area contributed by atoms with Crippen LogP contribution < -0.4 is 10.9 Å². The van der Waals surface area contributed by atoms with Crippen molar-refractivity contribution in [1.82, 2.24) is 14.8 Å². The van der Waals surface area contributed by atoms with E-state index in [0.717, 1.165) is 16.8 Å². The maximum atomic E-state index is 16.5. The number of carbonyl (C=O) groups excluding carboxylic acids is 1. The number of likely N-dealkylation sites (tertiary alicyclic amines) is 1. The van der Waals surface area contributed by atoms with E-state index in [9.17, 15) is 41.4 Å². The van der Waals surface area contributed by atoms with Gasteiger partial charge in [-0.15, -0.1) is 6.42 Å². The van der Waals surface area contributed by atoms with Gasteiger partial charge in [-0.2, -0.15) is 13.2 Å². The summed E-state index contributed by atoms with van der Waals surface area (Å²) in [6.07, 6.45) is 0.625. The molecule has 3 aromatic rings. The molecule has 2 heterocycles. The van der Waals surface area contributed by atoms with Crippen LogP contribution in [-0.4, -0.2) is 52.0 Å². The molecule has 1 saturated heterocycles. The number of pyridine rings is 1. The van der Waals surface area contributed by atoms with Gasteiger partial charge < -0.3 is 19.9 Å². The highest BCUT2D eigenvalue weighted by Gasteiger charge is 2.57. The molecule has 54 heavy (non-hydrogen) atoms. The summed E-state index contributed by atoms with van der Waals surface area (Å²) in [7, 11) is 0. The molecule has 290 valence electrons. The van der Waals surface area contributed by atoms with E-state index in [4.69, 9.17) is 6.42 Å². The fourth-order valence-corrected chi connectivity index (χ4v) is 7.54. The molecule has 0 spiro atoms. The molecular formula is C40H42F7N3O4. The van der Waals surface area contributed by atoms with Crippen molar-refractivity contribution in [3.63, 3.8) is 0 Å². The molecule has 1 aromatic heterocycles. The van der Waals surface area contributed by atoms with E-state index in [1.165, 1.54) is 0 Å². The summed E-state index contributed by atoms with van der Waals surface area (Å²) in [4.78, 5) is 41.5. The number of nitrogens with one attached hydrogen (secondary N) is 1. The van der Waals surface area contributed by atoms with Gasteiger partial charge in [-0.3, -0.25) is 14.4 Å². The highest BCUT2D eigenvalue weighted by atomic mass is 19.4. The van der Waals surface area contributed by atoms with E-state index in [2.05, 4.69) is 11.2 Å². The minimum Gasteiger partial charge on any atom is -0.481 e. The van der Waals surface area contributed by atoms with Crippen LogP contribution in [0.1, 0.15) is 97.3 Å². The third kappa shape index (κ3) is 8.67. The van der Waals surface area contributed by atoms with E-state index < -0.39 is 88.2 Å². The first-order valence-electron chi connectivity index (χ1n) is 17.7. The Hall–Kier alpha value is -4.64. The lowest BCUT2D eigenvalue weighted by atomic mass is 9.87. The number of halogens is 7. The van der Waals surface area contributed by atoms with E-state index >= 15 is 8.78 Å². The van der Waals surface area contributed by atoms with Gasteiger partial charge in [0.1, 0.15) is 17.7 Å². The largest absolute Gasteiger partial charge is 0.481 e. The molecule has 0 radical (unpaired) electrons. The lowest BCUT2D eigenvalue weighted by Gasteiger charge is -2.34. The number of carboxylic acids is 1. The minimum absolute atomic E-state index is 0.118. The topological polar surface area (TPSA) is 91.6 Å². The summed E-state index contributed by atoms with van der Waals surface area (Å²) in [5, 5.41) is 12.2. The summed E-state index contributed by atoms with van der Waals surface area (Å²) in [6, 6.07) is 3.29. The Kier molecular flexibility index (Phi) is 11.7. The Balaban J connectivity index is 1.55. The molecule has 2 N–H and O–H groups in total. The number of hydrogen-bond donors (Lipinski definition) is 2. The van der Waals surface area contributed by atoms with Gasteiger partial charge in [0.2, 0.25) is 5.91 Å². The van der Waals surface area contributed by atoms with Gasteiger partial charge in [0.25, 0.3) is 11.5 Å². The zero-order valence-corrected chi connectivity index (χ0v) is 30.3. The number of terminal acetylenes is 1. The monoisotopic (exact) mass is 761 g/mol. The summed E-state index contributed by atoms with van der Waals surface area (Å²) >= 11 is 0. The quantitative estimate of drug-likeness (QED) is 0.144. The number of amides is 1. The van der Waals surface area contributed by atoms with Crippen molar-refractivity contribution in [2.24, 2.45) is 11.8 Å². The predicted octanol–water partition coefficient (Wildman–Crippen LogP) is 8.16. The number of piperidine rings is 1. The van der Waals surface area contributed by atoms with Crippen LogP contribution in [0.15, 0.2) is 41.3 Å². The molecule has 1 saturated carbocycles. The average Bonchev–Trinajstić information content (AvgIpc) is 3.68. The zero-order chi connectivity index (χ0) is 39.9. The van der Waals surface area contributed by atoms with Crippen LogP contribution in [0, 0.1) is 49.7 Å². The van der Waals surface area contributed by atoms with Gasteiger partial charge in [0.05, 0.1) is 23.6 Å². The molecule has 1 aliphatic carbocycles. The fourth-order valence-electron chi connectivity index (χ4n) is 7.54. The number of alkyl halides is 5. The van der Waals surface area contributed by atoms with Crippen molar-refractivity contribution in [1.29, 1.82) is 0 Å². The van der Waals surface area contributed by atoms with Crippen molar-refractivity contribution in [2.45, 2.75) is 89.9 Å². The highest BCUT2D eigenvalue weighted by Crippen LogP contribution is 2.49. The third-order valence-electron chi connectivity index (χ3n) is 10.4. The second-order valence-corrected chi connectivity index (χ2v) is 14.9. The van der Waals surface area contributed by atoms with Crippen LogP contribution in [0.2, 0.25) is 0 Å². The van der Waals surface area contributed by atoms with E-state index in [0.29, 0.717) is 22.8 Å². The van der Waals surface area contributed by atoms with Crippen LogP contribution in [0.3, 0.4) is 0 Å². The van der Waals surface area contributed by atoms with E-state index in [-0.39, 0.29) is 62.4 Å².